The Labute approximate surface area is 145 Å². The third-order valence-electron chi connectivity index (χ3n) is 4.10. The number of benzene rings is 2. The van der Waals surface area contributed by atoms with E-state index in [1.54, 1.807) is 0 Å². The molecule has 0 fully saturated rings. The molecular weight excluding hydrogens is 320 g/mol. The van der Waals surface area contributed by atoms with E-state index >= 15 is 0 Å². The van der Waals surface area contributed by atoms with Crippen LogP contribution in [0, 0.1) is 0 Å². The summed E-state index contributed by atoms with van der Waals surface area (Å²) in [7, 11) is -1.85. The standard InChI is InChI=1S/C19H24O4Si/c1-4-21-24(22-5-2)17-11-12-18-15(13-17)14-20-19(3,23-18)16-9-7-6-8-10-16/h6-13,24H,4-5,14H2,1-3H3. The molecule has 1 unspecified atom stereocenters. The summed E-state index contributed by atoms with van der Waals surface area (Å²) >= 11 is 0. The van der Waals surface area contributed by atoms with Crippen LogP contribution in [0.3, 0.4) is 0 Å². The summed E-state index contributed by atoms with van der Waals surface area (Å²) in [6.45, 7) is 7.77. The van der Waals surface area contributed by atoms with Crippen molar-refractivity contribution >= 4 is 14.5 Å². The Morgan fingerprint density at radius 3 is 2.42 bits per heavy atom. The predicted octanol–water partition coefficient (Wildman–Crippen LogP) is 2.97. The van der Waals surface area contributed by atoms with Gasteiger partial charge < -0.3 is 18.3 Å². The Kier molecular flexibility index (Phi) is 5.35. The molecule has 0 aliphatic carbocycles. The maximum atomic E-state index is 6.17. The Morgan fingerprint density at radius 1 is 1.04 bits per heavy atom. The Bertz CT molecular complexity index is 670. The van der Waals surface area contributed by atoms with E-state index in [1.807, 2.05) is 57.2 Å². The van der Waals surface area contributed by atoms with Crippen molar-refractivity contribution in [2.24, 2.45) is 0 Å². The van der Waals surface area contributed by atoms with Gasteiger partial charge in [-0.05, 0) is 31.2 Å². The first-order chi connectivity index (χ1) is 11.7. The molecule has 2 aromatic carbocycles. The van der Waals surface area contributed by atoms with Gasteiger partial charge >= 0.3 is 9.28 Å². The lowest BCUT2D eigenvalue weighted by Gasteiger charge is -2.36. The van der Waals surface area contributed by atoms with Gasteiger partial charge in [0.25, 0.3) is 0 Å². The summed E-state index contributed by atoms with van der Waals surface area (Å²) in [5, 5.41) is 1.12. The summed E-state index contributed by atoms with van der Waals surface area (Å²) in [5.74, 6) is 0.101. The van der Waals surface area contributed by atoms with Gasteiger partial charge in [0.1, 0.15) is 5.75 Å². The minimum atomic E-state index is -1.85. The molecule has 0 aromatic heterocycles. The van der Waals surface area contributed by atoms with Crippen molar-refractivity contribution in [3.05, 3.63) is 59.7 Å². The molecule has 0 amide bonds. The summed E-state index contributed by atoms with van der Waals surface area (Å²) < 4.78 is 23.8. The fraction of sp³-hybridized carbons (Fsp3) is 0.368. The second kappa shape index (κ2) is 7.48. The average Bonchev–Trinajstić information content (AvgIpc) is 2.62. The number of hydrogen-bond acceptors (Lipinski definition) is 4. The zero-order valence-corrected chi connectivity index (χ0v) is 15.6. The van der Waals surface area contributed by atoms with Crippen molar-refractivity contribution in [1.82, 2.24) is 0 Å². The van der Waals surface area contributed by atoms with Crippen LogP contribution in [0.15, 0.2) is 48.5 Å². The van der Waals surface area contributed by atoms with Crippen LogP contribution in [-0.2, 0) is 26.0 Å². The van der Waals surface area contributed by atoms with Crippen molar-refractivity contribution in [3.63, 3.8) is 0 Å². The summed E-state index contributed by atoms with van der Waals surface area (Å²) in [5.41, 5.74) is 2.05. The highest BCUT2D eigenvalue weighted by atomic mass is 28.3. The third-order valence-corrected chi connectivity index (χ3v) is 6.27. The predicted molar refractivity (Wildman–Crippen MR) is 95.7 cm³/mol. The van der Waals surface area contributed by atoms with E-state index in [-0.39, 0.29) is 0 Å². The molecule has 1 atom stereocenters. The molecule has 1 aliphatic rings. The molecule has 0 saturated carbocycles. The van der Waals surface area contributed by atoms with Gasteiger partial charge in [-0.3, -0.25) is 0 Å². The van der Waals surface area contributed by atoms with Gasteiger partial charge in [0, 0.05) is 31.3 Å². The fourth-order valence-corrected chi connectivity index (χ4v) is 4.52. The summed E-state index contributed by atoms with van der Waals surface area (Å²) in [6, 6.07) is 16.2. The van der Waals surface area contributed by atoms with E-state index in [0.29, 0.717) is 19.8 Å². The number of hydrogen-bond donors (Lipinski definition) is 0. The molecule has 0 spiro atoms. The average molecular weight is 344 g/mol. The van der Waals surface area contributed by atoms with Crippen LogP contribution < -0.4 is 9.92 Å². The van der Waals surface area contributed by atoms with E-state index in [1.165, 1.54) is 0 Å². The van der Waals surface area contributed by atoms with Gasteiger partial charge in [0.2, 0.25) is 5.79 Å². The molecule has 1 heterocycles. The SMILES string of the molecule is CCO[SiH](OCC)c1ccc2c(c1)COC(C)(c1ccccc1)O2. The quantitative estimate of drug-likeness (QED) is 0.755. The first-order valence-electron chi connectivity index (χ1n) is 8.40. The van der Waals surface area contributed by atoms with Crippen molar-refractivity contribution in [1.29, 1.82) is 0 Å². The molecule has 0 radical (unpaired) electrons. The van der Waals surface area contributed by atoms with E-state index in [0.717, 1.165) is 22.1 Å². The van der Waals surface area contributed by atoms with Gasteiger partial charge in [-0.15, -0.1) is 0 Å². The van der Waals surface area contributed by atoms with Gasteiger partial charge in [-0.1, -0.05) is 36.4 Å². The van der Waals surface area contributed by atoms with Crippen molar-refractivity contribution in [2.45, 2.75) is 33.2 Å². The van der Waals surface area contributed by atoms with Gasteiger partial charge in [-0.2, -0.15) is 0 Å². The molecule has 24 heavy (non-hydrogen) atoms. The van der Waals surface area contributed by atoms with Crippen molar-refractivity contribution in [2.75, 3.05) is 13.2 Å². The normalized spacial score (nSPS) is 19.8. The maximum absolute atomic E-state index is 6.17. The number of fused-ring (bicyclic) bond motifs is 1. The Hall–Kier alpha value is -1.66. The Balaban J connectivity index is 1.84. The maximum Gasteiger partial charge on any atom is 0.355 e. The molecule has 4 nitrogen and oxygen atoms in total. The molecule has 128 valence electrons. The molecule has 0 N–H and O–H groups in total. The fourth-order valence-electron chi connectivity index (χ4n) is 2.84. The van der Waals surface area contributed by atoms with Gasteiger partial charge in [0.05, 0.1) is 6.61 Å². The highest BCUT2D eigenvalue weighted by Gasteiger charge is 2.35. The second-order valence-corrected chi connectivity index (χ2v) is 7.81. The molecule has 1 aliphatic heterocycles. The lowest BCUT2D eigenvalue weighted by molar-refractivity contribution is -0.201. The molecule has 3 rings (SSSR count). The van der Waals surface area contributed by atoms with Gasteiger partial charge in [-0.25, -0.2) is 0 Å². The molecule has 0 bridgehead atoms. The molecular formula is C19H24O4Si. The number of rotatable bonds is 6. The van der Waals surface area contributed by atoms with E-state index in [2.05, 4.69) is 12.1 Å². The van der Waals surface area contributed by atoms with Crippen LogP contribution in [0.4, 0.5) is 0 Å². The summed E-state index contributed by atoms with van der Waals surface area (Å²) in [4.78, 5) is 0. The highest BCUT2D eigenvalue weighted by molar-refractivity contribution is 6.61. The molecule has 0 saturated heterocycles. The highest BCUT2D eigenvalue weighted by Crippen LogP contribution is 2.36. The lowest BCUT2D eigenvalue weighted by Crippen LogP contribution is -2.39. The molecule has 5 heteroatoms. The Morgan fingerprint density at radius 2 is 1.75 bits per heavy atom. The zero-order valence-electron chi connectivity index (χ0n) is 14.5. The molecule has 2 aromatic rings. The first kappa shape index (κ1) is 17.2. The minimum absolute atomic E-state index is 0.508. The first-order valence-corrected chi connectivity index (χ1v) is 9.93. The lowest BCUT2D eigenvalue weighted by atomic mass is 10.1. The second-order valence-electron chi connectivity index (χ2n) is 5.81. The number of ether oxygens (including phenoxy) is 2. The van der Waals surface area contributed by atoms with Crippen LogP contribution in [0.5, 0.6) is 5.75 Å². The smallest absolute Gasteiger partial charge is 0.355 e. The van der Waals surface area contributed by atoms with Crippen LogP contribution in [-0.4, -0.2) is 22.5 Å². The minimum Gasteiger partial charge on any atom is -0.458 e. The van der Waals surface area contributed by atoms with Crippen LogP contribution in [0.1, 0.15) is 31.9 Å². The largest absolute Gasteiger partial charge is 0.458 e. The summed E-state index contributed by atoms with van der Waals surface area (Å²) in [6.07, 6.45) is 0. The van der Waals surface area contributed by atoms with Crippen molar-refractivity contribution in [3.8, 4) is 5.75 Å². The van der Waals surface area contributed by atoms with Gasteiger partial charge in [0.15, 0.2) is 0 Å². The van der Waals surface area contributed by atoms with Crippen molar-refractivity contribution < 1.29 is 18.3 Å². The van der Waals surface area contributed by atoms with E-state index < -0.39 is 15.1 Å². The van der Waals surface area contributed by atoms with Crippen LogP contribution >= 0.6 is 0 Å². The van der Waals surface area contributed by atoms with Crippen LogP contribution in [0.25, 0.3) is 0 Å². The van der Waals surface area contributed by atoms with E-state index in [9.17, 15) is 0 Å². The third kappa shape index (κ3) is 3.54. The van der Waals surface area contributed by atoms with Crippen LogP contribution in [0.2, 0.25) is 0 Å². The monoisotopic (exact) mass is 344 g/mol. The topological polar surface area (TPSA) is 36.9 Å². The zero-order chi connectivity index (χ0) is 17.0. The van der Waals surface area contributed by atoms with E-state index in [4.69, 9.17) is 18.3 Å².